The van der Waals surface area contributed by atoms with Gasteiger partial charge in [-0.1, -0.05) is 6.08 Å². The first-order valence-electron chi connectivity index (χ1n) is 2.75. The third-order valence-electron chi connectivity index (χ3n) is 0.368. The highest BCUT2D eigenvalue weighted by molar-refractivity contribution is 7.59. The highest BCUT2D eigenvalue weighted by atomic mass is 32.1. The second kappa shape index (κ2) is 12.4. The second-order valence-electron chi connectivity index (χ2n) is 1.42. The quantitative estimate of drug-likeness (QED) is 0.506. The van der Waals surface area contributed by atoms with Crippen LogP contribution >= 0.6 is 13.5 Å². The monoisotopic (exact) mass is 192 g/mol. The summed E-state index contributed by atoms with van der Waals surface area (Å²) >= 11 is 0. The van der Waals surface area contributed by atoms with Gasteiger partial charge >= 0.3 is 11.9 Å². The van der Waals surface area contributed by atoms with E-state index < -0.39 is 11.9 Å². The Morgan fingerprint density at radius 2 is 1.33 bits per heavy atom. The van der Waals surface area contributed by atoms with Crippen molar-refractivity contribution in [3.8, 4) is 0 Å². The van der Waals surface area contributed by atoms with Crippen molar-refractivity contribution >= 4 is 25.4 Å². The Bertz CT molecular complexity index is 158. The lowest BCUT2D eigenvalue weighted by atomic mass is 10.5. The van der Waals surface area contributed by atoms with Gasteiger partial charge in [0.05, 0.1) is 0 Å². The van der Waals surface area contributed by atoms with Crippen molar-refractivity contribution < 1.29 is 19.8 Å². The van der Waals surface area contributed by atoms with Crippen molar-refractivity contribution in [2.75, 3.05) is 0 Å². The lowest BCUT2D eigenvalue weighted by molar-refractivity contribution is -0.134. The third kappa shape index (κ3) is 37.3. The van der Waals surface area contributed by atoms with Gasteiger partial charge in [0.1, 0.15) is 0 Å². The molecule has 5 heteroatoms. The van der Waals surface area contributed by atoms with Crippen LogP contribution in [-0.4, -0.2) is 22.2 Å². The number of carboxylic acid groups (broad SMARTS) is 2. The molecule has 0 aromatic carbocycles. The summed E-state index contributed by atoms with van der Waals surface area (Å²) in [5.74, 6) is -2.51. The molecule has 0 aromatic heterocycles. The van der Waals surface area contributed by atoms with E-state index in [0.29, 0.717) is 12.2 Å². The zero-order valence-corrected chi connectivity index (χ0v) is 7.65. The molecule has 0 aliphatic heterocycles. The van der Waals surface area contributed by atoms with E-state index >= 15 is 0 Å². The Morgan fingerprint density at radius 1 is 1.17 bits per heavy atom. The summed E-state index contributed by atoms with van der Waals surface area (Å²) in [7, 11) is 0. The number of allylic oxidation sites excluding steroid dienone is 1. The zero-order chi connectivity index (χ0) is 9.28. The van der Waals surface area contributed by atoms with Crippen molar-refractivity contribution in [2.45, 2.75) is 6.92 Å². The standard InChI is InChI=1S/C4H4O4.C3H6.H2S/c5-3(6)1-2-4(7)8;1-3-2;/h1-2H,(H,5,6)(H,7,8);3H,1H2,2H3;1H2/b2-1+;;. The average Bonchev–Trinajstić information content (AvgIpc) is 1.85. The van der Waals surface area contributed by atoms with Gasteiger partial charge in [0.2, 0.25) is 0 Å². The number of rotatable bonds is 2. The molecule has 12 heavy (non-hydrogen) atoms. The van der Waals surface area contributed by atoms with Gasteiger partial charge in [-0.25, -0.2) is 9.59 Å². The van der Waals surface area contributed by atoms with Gasteiger partial charge in [0.15, 0.2) is 0 Å². The summed E-state index contributed by atoms with van der Waals surface area (Å²) in [5.41, 5.74) is 0. The number of carboxylic acids is 2. The summed E-state index contributed by atoms with van der Waals surface area (Å²) in [6.45, 7) is 5.25. The summed E-state index contributed by atoms with van der Waals surface area (Å²) in [5, 5.41) is 15.6. The molecule has 0 saturated heterocycles. The Hall–Kier alpha value is -1.23. The van der Waals surface area contributed by atoms with Crippen LogP contribution in [-0.2, 0) is 9.59 Å². The van der Waals surface area contributed by atoms with Crippen molar-refractivity contribution in [1.29, 1.82) is 0 Å². The molecule has 0 bridgehead atoms. The largest absolute Gasteiger partial charge is 0.478 e. The second-order valence-corrected chi connectivity index (χ2v) is 1.42. The first kappa shape index (κ1) is 17.0. The van der Waals surface area contributed by atoms with E-state index in [9.17, 15) is 9.59 Å². The smallest absolute Gasteiger partial charge is 0.328 e. The topological polar surface area (TPSA) is 74.6 Å². The SMILES string of the molecule is C=CC.O=C(O)/C=C/C(=O)O.S. The van der Waals surface area contributed by atoms with Crippen molar-refractivity contribution in [3.05, 3.63) is 24.8 Å². The molecule has 0 radical (unpaired) electrons. The van der Waals surface area contributed by atoms with Gasteiger partial charge in [-0.2, -0.15) is 13.5 Å². The molecule has 0 spiro atoms. The fourth-order valence-electron chi connectivity index (χ4n) is 0.143. The average molecular weight is 192 g/mol. The molecule has 0 fully saturated rings. The van der Waals surface area contributed by atoms with E-state index in [4.69, 9.17) is 10.2 Å². The summed E-state index contributed by atoms with van der Waals surface area (Å²) in [6, 6.07) is 0. The zero-order valence-electron chi connectivity index (χ0n) is 6.65. The van der Waals surface area contributed by atoms with E-state index in [2.05, 4.69) is 6.58 Å². The molecular weight excluding hydrogens is 180 g/mol. The summed E-state index contributed by atoms with van der Waals surface area (Å²) in [6.07, 6.45) is 2.87. The van der Waals surface area contributed by atoms with E-state index in [1.54, 1.807) is 6.08 Å². The number of carbonyl (C=O) groups is 2. The highest BCUT2D eigenvalue weighted by Crippen LogP contribution is 1.70. The molecule has 0 aromatic rings. The molecule has 4 nitrogen and oxygen atoms in total. The van der Waals surface area contributed by atoms with Gasteiger partial charge in [-0.15, -0.1) is 6.58 Å². The minimum absolute atomic E-state index is 0. The van der Waals surface area contributed by atoms with Gasteiger partial charge in [0, 0.05) is 12.2 Å². The maximum atomic E-state index is 9.55. The normalized spacial score (nSPS) is 7.42. The first-order chi connectivity index (χ1) is 5.04. The van der Waals surface area contributed by atoms with Crippen molar-refractivity contribution in [2.24, 2.45) is 0 Å². The molecule has 0 aliphatic rings. The Balaban J connectivity index is -0.000000177. The minimum Gasteiger partial charge on any atom is -0.478 e. The van der Waals surface area contributed by atoms with Crippen LogP contribution in [0.3, 0.4) is 0 Å². The summed E-state index contributed by atoms with van der Waals surface area (Å²) in [4.78, 5) is 19.1. The fourth-order valence-corrected chi connectivity index (χ4v) is 0.143. The van der Waals surface area contributed by atoms with E-state index in [0.717, 1.165) is 0 Å². The molecule has 0 atom stereocenters. The van der Waals surface area contributed by atoms with E-state index in [1.165, 1.54) is 0 Å². The van der Waals surface area contributed by atoms with E-state index in [1.807, 2.05) is 6.92 Å². The lowest BCUT2D eigenvalue weighted by Gasteiger charge is -1.74. The molecule has 0 aliphatic carbocycles. The van der Waals surface area contributed by atoms with Crippen LogP contribution in [0.15, 0.2) is 24.8 Å². The van der Waals surface area contributed by atoms with Crippen LogP contribution in [0, 0.1) is 0 Å². The third-order valence-corrected chi connectivity index (χ3v) is 0.368. The van der Waals surface area contributed by atoms with Gasteiger partial charge < -0.3 is 10.2 Å². The lowest BCUT2D eigenvalue weighted by Crippen LogP contribution is -1.91. The fraction of sp³-hybridized carbons (Fsp3) is 0.143. The van der Waals surface area contributed by atoms with Crippen molar-refractivity contribution in [1.82, 2.24) is 0 Å². The highest BCUT2D eigenvalue weighted by Gasteiger charge is 1.88. The molecule has 0 amide bonds. The minimum atomic E-state index is -1.26. The molecule has 0 rings (SSSR count). The van der Waals surface area contributed by atoms with Crippen LogP contribution < -0.4 is 0 Å². The van der Waals surface area contributed by atoms with Crippen molar-refractivity contribution in [3.63, 3.8) is 0 Å². The Kier molecular flexibility index (Phi) is 17.7. The molecule has 0 saturated carbocycles. The van der Waals surface area contributed by atoms with Crippen LogP contribution in [0.4, 0.5) is 0 Å². The predicted octanol–water partition coefficient (Wildman–Crippen LogP) is 1.02. The predicted molar refractivity (Wildman–Crippen MR) is 50.7 cm³/mol. The number of hydrogen-bond donors (Lipinski definition) is 2. The van der Waals surface area contributed by atoms with Crippen LogP contribution in [0.2, 0.25) is 0 Å². The van der Waals surface area contributed by atoms with E-state index in [-0.39, 0.29) is 13.5 Å². The molecule has 2 N–H and O–H groups in total. The van der Waals surface area contributed by atoms with Gasteiger partial charge in [0.25, 0.3) is 0 Å². The number of hydrogen-bond acceptors (Lipinski definition) is 2. The van der Waals surface area contributed by atoms with Gasteiger partial charge in [-0.3, -0.25) is 0 Å². The van der Waals surface area contributed by atoms with Crippen LogP contribution in [0.5, 0.6) is 0 Å². The van der Waals surface area contributed by atoms with Gasteiger partial charge in [-0.05, 0) is 6.92 Å². The maximum absolute atomic E-state index is 9.55. The molecular formula is C7H12O4S. The molecule has 70 valence electrons. The van der Waals surface area contributed by atoms with Crippen LogP contribution in [0.1, 0.15) is 6.92 Å². The first-order valence-corrected chi connectivity index (χ1v) is 2.75. The Labute approximate surface area is 77.7 Å². The maximum Gasteiger partial charge on any atom is 0.328 e. The number of aliphatic carboxylic acids is 2. The summed E-state index contributed by atoms with van der Waals surface area (Å²) < 4.78 is 0. The molecule has 0 heterocycles. The Morgan fingerprint density at radius 3 is 1.42 bits per heavy atom. The molecule has 0 unspecified atom stereocenters. The van der Waals surface area contributed by atoms with Crippen LogP contribution in [0.25, 0.3) is 0 Å².